The Morgan fingerprint density at radius 3 is 2.33 bits per heavy atom. The van der Waals surface area contributed by atoms with Crippen molar-refractivity contribution in [3.05, 3.63) is 21.8 Å². The third kappa shape index (κ3) is 1.76. The van der Waals surface area contributed by atoms with Crippen LogP contribution in [0.1, 0.15) is 37.4 Å². The highest BCUT2D eigenvalue weighted by Crippen LogP contribution is 2.31. The van der Waals surface area contributed by atoms with Crippen molar-refractivity contribution in [2.24, 2.45) is 0 Å². The van der Waals surface area contributed by atoms with Crippen LogP contribution in [0.5, 0.6) is 0 Å². The van der Waals surface area contributed by atoms with Crippen LogP contribution in [0, 0.1) is 3.57 Å². The van der Waals surface area contributed by atoms with Crippen molar-refractivity contribution in [2.75, 3.05) is 0 Å². The molecule has 1 aromatic heterocycles. The minimum Gasteiger partial charge on any atom is -0.240 e. The van der Waals surface area contributed by atoms with E-state index in [2.05, 4.69) is 32.6 Å². The van der Waals surface area contributed by atoms with Crippen LogP contribution >= 0.6 is 22.6 Å². The van der Waals surface area contributed by atoms with Crippen LogP contribution in [0.4, 0.5) is 0 Å². The fourth-order valence-electron chi connectivity index (χ4n) is 1.72. The third-order valence-corrected chi connectivity index (χ3v) is 2.92. The summed E-state index contributed by atoms with van der Waals surface area (Å²) in [5.41, 5.74) is 0. The minimum absolute atomic E-state index is 0.641. The molecule has 2 nitrogen and oxygen atoms in total. The zero-order valence-corrected chi connectivity index (χ0v) is 8.99. The summed E-state index contributed by atoms with van der Waals surface area (Å²) >= 11 is 2.23. The van der Waals surface area contributed by atoms with E-state index in [9.17, 15) is 0 Å². The second-order valence-corrected chi connectivity index (χ2v) is 4.49. The first-order valence-corrected chi connectivity index (χ1v) is 5.41. The Morgan fingerprint density at radius 1 is 1.17 bits per heavy atom. The van der Waals surface area contributed by atoms with Gasteiger partial charge in [-0.15, -0.1) is 0 Å². The van der Waals surface area contributed by atoms with Crippen molar-refractivity contribution in [3.8, 4) is 0 Å². The first-order chi connectivity index (χ1) is 5.86. The van der Waals surface area contributed by atoms with E-state index in [0.717, 1.165) is 9.39 Å². The van der Waals surface area contributed by atoms with E-state index in [1.807, 2.05) is 12.4 Å². The summed E-state index contributed by atoms with van der Waals surface area (Å²) < 4.78 is 1.12. The van der Waals surface area contributed by atoms with Crippen LogP contribution in [-0.2, 0) is 0 Å². The lowest BCUT2D eigenvalue weighted by molar-refractivity contribution is 0.666. The van der Waals surface area contributed by atoms with Crippen molar-refractivity contribution >= 4 is 22.6 Å². The van der Waals surface area contributed by atoms with Crippen molar-refractivity contribution in [2.45, 2.75) is 31.6 Å². The average Bonchev–Trinajstić information content (AvgIpc) is 2.58. The van der Waals surface area contributed by atoms with E-state index in [-0.39, 0.29) is 0 Å². The van der Waals surface area contributed by atoms with Gasteiger partial charge in [0.15, 0.2) is 0 Å². The predicted molar refractivity (Wildman–Crippen MR) is 56.0 cm³/mol. The molecule has 1 fully saturated rings. The van der Waals surface area contributed by atoms with Crippen LogP contribution < -0.4 is 0 Å². The molecule has 12 heavy (non-hydrogen) atoms. The molecule has 1 heterocycles. The summed E-state index contributed by atoms with van der Waals surface area (Å²) in [4.78, 5) is 8.68. The molecular weight excluding hydrogens is 263 g/mol. The van der Waals surface area contributed by atoms with Crippen molar-refractivity contribution < 1.29 is 0 Å². The molecule has 0 atom stereocenters. The van der Waals surface area contributed by atoms with Crippen LogP contribution in [0.25, 0.3) is 0 Å². The maximum absolute atomic E-state index is 4.34. The number of halogens is 1. The van der Waals surface area contributed by atoms with Crippen molar-refractivity contribution in [1.82, 2.24) is 9.97 Å². The molecular formula is C9H11IN2. The van der Waals surface area contributed by atoms with Crippen LogP contribution in [0.15, 0.2) is 12.4 Å². The number of aromatic nitrogens is 2. The second-order valence-electron chi connectivity index (χ2n) is 3.24. The number of rotatable bonds is 1. The Morgan fingerprint density at radius 2 is 1.75 bits per heavy atom. The summed E-state index contributed by atoms with van der Waals surface area (Å²) in [6, 6.07) is 0. The first-order valence-electron chi connectivity index (χ1n) is 4.34. The topological polar surface area (TPSA) is 25.8 Å². The summed E-state index contributed by atoms with van der Waals surface area (Å²) in [6.07, 6.45) is 9.06. The van der Waals surface area contributed by atoms with Crippen LogP contribution in [-0.4, -0.2) is 9.97 Å². The molecule has 1 saturated carbocycles. The number of hydrogen-bond acceptors (Lipinski definition) is 2. The molecule has 0 aliphatic heterocycles. The molecule has 0 spiro atoms. The molecule has 0 amide bonds. The molecule has 0 bridgehead atoms. The zero-order valence-electron chi connectivity index (χ0n) is 6.83. The Hall–Kier alpha value is -0.190. The molecule has 0 aromatic carbocycles. The highest BCUT2D eigenvalue weighted by Gasteiger charge is 2.18. The standard InChI is InChI=1S/C9H11IN2/c10-8-5-11-9(12-6-8)7-3-1-2-4-7/h5-7H,1-4H2. The molecule has 0 N–H and O–H groups in total. The lowest BCUT2D eigenvalue weighted by Crippen LogP contribution is -1.99. The van der Waals surface area contributed by atoms with E-state index >= 15 is 0 Å². The fourth-order valence-corrected chi connectivity index (χ4v) is 2.00. The molecule has 1 aliphatic rings. The van der Waals surface area contributed by atoms with Gasteiger partial charge in [-0.05, 0) is 35.4 Å². The molecule has 0 radical (unpaired) electrons. The fraction of sp³-hybridized carbons (Fsp3) is 0.556. The summed E-state index contributed by atoms with van der Waals surface area (Å²) in [6.45, 7) is 0. The quantitative estimate of drug-likeness (QED) is 0.736. The van der Waals surface area contributed by atoms with E-state index < -0.39 is 0 Å². The van der Waals surface area contributed by atoms with Gasteiger partial charge in [0.25, 0.3) is 0 Å². The van der Waals surface area contributed by atoms with Gasteiger partial charge < -0.3 is 0 Å². The van der Waals surface area contributed by atoms with Gasteiger partial charge >= 0.3 is 0 Å². The highest BCUT2D eigenvalue weighted by atomic mass is 127. The maximum Gasteiger partial charge on any atom is 0.131 e. The van der Waals surface area contributed by atoms with E-state index in [0.29, 0.717) is 5.92 Å². The van der Waals surface area contributed by atoms with Crippen LogP contribution in [0.3, 0.4) is 0 Å². The Balaban J connectivity index is 2.17. The third-order valence-electron chi connectivity index (χ3n) is 2.36. The van der Waals surface area contributed by atoms with Gasteiger partial charge in [0, 0.05) is 21.9 Å². The maximum atomic E-state index is 4.34. The van der Waals surface area contributed by atoms with Crippen LogP contribution in [0.2, 0.25) is 0 Å². The summed E-state index contributed by atoms with van der Waals surface area (Å²) in [7, 11) is 0. The van der Waals surface area contributed by atoms with E-state index in [1.165, 1.54) is 25.7 Å². The zero-order chi connectivity index (χ0) is 8.39. The molecule has 0 saturated heterocycles. The molecule has 1 aromatic rings. The Labute approximate surface area is 86.0 Å². The van der Waals surface area contributed by atoms with Gasteiger partial charge in [-0.25, -0.2) is 9.97 Å². The molecule has 3 heteroatoms. The van der Waals surface area contributed by atoms with Crippen molar-refractivity contribution in [1.29, 1.82) is 0 Å². The largest absolute Gasteiger partial charge is 0.240 e. The normalized spacial score (nSPS) is 18.4. The number of hydrogen-bond donors (Lipinski definition) is 0. The monoisotopic (exact) mass is 274 g/mol. The lowest BCUT2D eigenvalue weighted by atomic mass is 10.1. The van der Waals surface area contributed by atoms with Gasteiger partial charge in [-0.2, -0.15) is 0 Å². The number of nitrogens with zero attached hydrogens (tertiary/aromatic N) is 2. The molecule has 2 rings (SSSR count). The Bertz CT molecular complexity index is 252. The molecule has 64 valence electrons. The lowest BCUT2D eigenvalue weighted by Gasteiger charge is -2.05. The van der Waals surface area contributed by atoms with Gasteiger partial charge in [-0.1, -0.05) is 12.8 Å². The van der Waals surface area contributed by atoms with Crippen molar-refractivity contribution in [3.63, 3.8) is 0 Å². The molecule has 1 aliphatic carbocycles. The van der Waals surface area contributed by atoms with Gasteiger partial charge in [0.1, 0.15) is 5.82 Å². The van der Waals surface area contributed by atoms with Gasteiger partial charge in [0.2, 0.25) is 0 Å². The smallest absolute Gasteiger partial charge is 0.131 e. The average molecular weight is 274 g/mol. The van der Waals surface area contributed by atoms with E-state index in [1.54, 1.807) is 0 Å². The minimum atomic E-state index is 0.641. The SMILES string of the molecule is Ic1cnc(C2CCCC2)nc1. The predicted octanol–water partition coefficient (Wildman–Crippen LogP) is 2.74. The highest BCUT2D eigenvalue weighted by molar-refractivity contribution is 14.1. The van der Waals surface area contributed by atoms with E-state index in [4.69, 9.17) is 0 Å². The summed E-state index contributed by atoms with van der Waals surface area (Å²) in [5.74, 6) is 1.69. The summed E-state index contributed by atoms with van der Waals surface area (Å²) in [5, 5.41) is 0. The second kappa shape index (κ2) is 3.68. The van der Waals surface area contributed by atoms with Gasteiger partial charge in [-0.3, -0.25) is 0 Å². The first kappa shape index (κ1) is 8.41. The Kier molecular flexibility index (Phi) is 2.58. The van der Waals surface area contributed by atoms with Gasteiger partial charge in [0.05, 0.1) is 0 Å². The molecule has 0 unspecified atom stereocenters.